The van der Waals surface area contributed by atoms with Crippen molar-refractivity contribution in [2.24, 2.45) is 0 Å². The summed E-state index contributed by atoms with van der Waals surface area (Å²) in [5.41, 5.74) is 7.77. The normalized spacial score (nSPS) is 17.3. The molecule has 1 aliphatic heterocycles. The number of aryl methyl sites for hydroxylation is 2. The van der Waals surface area contributed by atoms with Crippen molar-refractivity contribution >= 4 is 10.9 Å². The molecule has 0 fully saturated rings. The van der Waals surface area contributed by atoms with E-state index in [4.69, 9.17) is 4.74 Å². The summed E-state index contributed by atoms with van der Waals surface area (Å²) in [6, 6.07) is 13.3. The molecule has 0 amide bonds. The van der Waals surface area contributed by atoms with Gasteiger partial charge in [0.25, 0.3) is 0 Å². The Hall–Kier alpha value is -2.26. The van der Waals surface area contributed by atoms with Crippen molar-refractivity contribution in [3.63, 3.8) is 0 Å². The molecule has 0 aliphatic carbocycles. The van der Waals surface area contributed by atoms with E-state index >= 15 is 0 Å². The maximum atomic E-state index is 5.45. The second-order valence-electron chi connectivity index (χ2n) is 6.49. The third kappa shape index (κ3) is 2.41. The average Bonchev–Trinajstić information content (AvgIpc) is 2.92. The second kappa shape index (κ2) is 5.43. The zero-order chi connectivity index (χ0) is 16.0. The number of H-pyrrole nitrogens is 1. The van der Waals surface area contributed by atoms with Gasteiger partial charge in [-0.2, -0.15) is 0 Å². The van der Waals surface area contributed by atoms with E-state index in [0.717, 1.165) is 18.7 Å². The minimum absolute atomic E-state index is 0.195. The highest BCUT2D eigenvalue weighted by atomic mass is 16.5. The molecule has 1 atom stereocenters. The maximum absolute atomic E-state index is 5.45. The number of rotatable bonds is 2. The summed E-state index contributed by atoms with van der Waals surface area (Å²) in [6.07, 6.45) is 1.07. The number of hydrogen-bond donors (Lipinski definition) is 2. The lowest BCUT2D eigenvalue weighted by Crippen LogP contribution is -2.30. The van der Waals surface area contributed by atoms with Crippen LogP contribution in [0.1, 0.15) is 34.0 Å². The van der Waals surface area contributed by atoms with Crippen molar-refractivity contribution in [1.29, 1.82) is 0 Å². The van der Waals surface area contributed by atoms with Crippen LogP contribution in [-0.2, 0) is 6.42 Å². The standard InChI is InChI=1S/C20H22N2O/c1-12-4-5-18-17(10-12)16-6-7-21-19(20(16)22-18)14-8-13(2)9-15(11-14)23-3/h4-5,8-11,19,21-22H,6-7H2,1-3H3. The summed E-state index contributed by atoms with van der Waals surface area (Å²) in [5.74, 6) is 0.917. The highest BCUT2D eigenvalue weighted by Crippen LogP contribution is 2.35. The number of hydrogen-bond acceptors (Lipinski definition) is 2. The number of fused-ring (bicyclic) bond motifs is 3. The molecule has 0 saturated carbocycles. The molecule has 2 N–H and O–H groups in total. The fourth-order valence-electron chi connectivity index (χ4n) is 3.69. The van der Waals surface area contributed by atoms with E-state index in [-0.39, 0.29) is 6.04 Å². The van der Waals surface area contributed by atoms with Gasteiger partial charge in [-0.25, -0.2) is 0 Å². The highest BCUT2D eigenvalue weighted by Gasteiger charge is 2.25. The van der Waals surface area contributed by atoms with Crippen molar-refractivity contribution in [3.8, 4) is 5.75 Å². The summed E-state index contributed by atoms with van der Waals surface area (Å²) >= 11 is 0. The zero-order valence-corrected chi connectivity index (χ0v) is 13.9. The average molecular weight is 306 g/mol. The fraction of sp³-hybridized carbons (Fsp3) is 0.300. The predicted molar refractivity (Wildman–Crippen MR) is 94.3 cm³/mol. The van der Waals surface area contributed by atoms with Gasteiger partial charge >= 0.3 is 0 Å². The number of ether oxygens (including phenoxy) is 1. The molecule has 0 radical (unpaired) electrons. The Morgan fingerprint density at radius 3 is 2.74 bits per heavy atom. The number of methoxy groups -OCH3 is 1. The molecule has 1 unspecified atom stereocenters. The molecule has 23 heavy (non-hydrogen) atoms. The van der Waals surface area contributed by atoms with Crippen LogP contribution in [0, 0.1) is 13.8 Å². The molecular weight excluding hydrogens is 284 g/mol. The lowest BCUT2D eigenvalue weighted by Gasteiger charge is -2.25. The Balaban J connectivity index is 1.87. The molecule has 118 valence electrons. The third-order valence-corrected chi connectivity index (χ3v) is 4.75. The monoisotopic (exact) mass is 306 g/mol. The molecule has 3 nitrogen and oxygen atoms in total. The van der Waals surface area contributed by atoms with Crippen molar-refractivity contribution < 1.29 is 4.74 Å². The van der Waals surface area contributed by atoms with Crippen molar-refractivity contribution in [1.82, 2.24) is 10.3 Å². The van der Waals surface area contributed by atoms with E-state index in [1.807, 2.05) is 0 Å². The van der Waals surface area contributed by atoms with E-state index in [1.54, 1.807) is 7.11 Å². The van der Waals surface area contributed by atoms with E-state index in [1.165, 1.54) is 38.9 Å². The first kappa shape index (κ1) is 14.3. The van der Waals surface area contributed by atoms with Gasteiger partial charge in [0.2, 0.25) is 0 Å². The van der Waals surface area contributed by atoms with Gasteiger partial charge in [0.1, 0.15) is 5.75 Å². The zero-order valence-electron chi connectivity index (χ0n) is 13.9. The van der Waals surface area contributed by atoms with E-state index in [2.05, 4.69) is 60.5 Å². The summed E-state index contributed by atoms with van der Waals surface area (Å²) in [4.78, 5) is 3.65. The van der Waals surface area contributed by atoms with E-state index in [0.29, 0.717) is 0 Å². The molecule has 3 heteroatoms. The molecule has 2 heterocycles. The van der Waals surface area contributed by atoms with Crippen molar-refractivity contribution in [3.05, 3.63) is 64.3 Å². The largest absolute Gasteiger partial charge is 0.497 e. The second-order valence-corrected chi connectivity index (χ2v) is 6.49. The van der Waals surface area contributed by atoms with Crippen LogP contribution in [-0.4, -0.2) is 18.6 Å². The van der Waals surface area contributed by atoms with E-state index in [9.17, 15) is 0 Å². The van der Waals surface area contributed by atoms with Gasteiger partial charge in [0, 0.05) is 23.1 Å². The molecule has 1 aliphatic rings. The van der Waals surface area contributed by atoms with Crippen LogP contribution in [0.2, 0.25) is 0 Å². The van der Waals surface area contributed by atoms with Crippen LogP contribution in [0.3, 0.4) is 0 Å². The SMILES string of the molecule is COc1cc(C)cc(C2NCCc3c2[nH]c2ccc(C)cc32)c1. The topological polar surface area (TPSA) is 37.0 Å². The van der Waals surface area contributed by atoms with Gasteiger partial charge in [-0.1, -0.05) is 17.7 Å². The lowest BCUT2D eigenvalue weighted by molar-refractivity contribution is 0.413. The van der Waals surface area contributed by atoms with Crippen LogP contribution in [0.5, 0.6) is 5.75 Å². The molecule has 1 aromatic heterocycles. The molecular formula is C20H22N2O. The molecule has 3 aromatic rings. The summed E-state index contributed by atoms with van der Waals surface area (Å²) in [5, 5.41) is 5.03. The van der Waals surface area contributed by atoms with Gasteiger partial charge in [-0.15, -0.1) is 0 Å². The van der Waals surface area contributed by atoms with E-state index < -0.39 is 0 Å². The Kier molecular flexibility index (Phi) is 3.38. The van der Waals surface area contributed by atoms with Gasteiger partial charge in [0.15, 0.2) is 0 Å². The van der Waals surface area contributed by atoms with Crippen molar-refractivity contribution in [2.45, 2.75) is 26.3 Å². The Bertz CT molecular complexity index is 879. The number of nitrogens with one attached hydrogen (secondary N) is 2. The Morgan fingerprint density at radius 1 is 1.04 bits per heavy atom. The van der Waals surface area contributed by atoms with Crippen LogP contribution < -0.4 is 10.1 Å². The maximum Gasteiger partial charge on any atom is 0.119 e. The van der Waals surface area contributed by atoms with Crippen LogP contribution >= 0.6 is 0 Å². The van der Waals surface area contributed by atoms with Gasteiger partial charge < -0.3 is 15.0 Å². The first-order valence-corrected chi connectivity index (χ1v) is 8.16. The van der Waals surface area contributed by atoms with Crippen molar-refractivity contribution in [2.75, 3.05) is 13.7 Å². The third-order valence-electron chi connectivity index (χ3n) is 4.75. The Morgan fingerprint density at radius 2 is 1.91 bits per heavy atom. The van der Waals surface area contributed by atoms with Crippen LogP contribution in [0.25, 0.3) is 10.9 Å². The summed E-state index contributed by atoms with van der Waals surface area (Å²) < 4.78 is 5.45. The minimum Gasteiger partial charge on any atom is -0.497 e. The molecule has 4 rings (SSSR count). The lowest BCUT2D eigenvalue weighted by atomic mass is 9.93. The number of benzene rings is 2. The number of aromatic nitrogens is 1. The first-order valence-electron chi connectivity index (χ1n) is 8.16. The first-order chi connectivity index (χ1) is 11.2. The Labute approximate surface area is 136 Å². The van der Waals surface area contributed by atoms with Gasteiger partial charge in [0.05, 0.1) is 13.2 Å². The van der Waals surface area contributed by atoms with Gasteiger partial charge in [-0.05, 0) is 61.2 Å². The molecule has 0 saturated heterocycles. The minimum atomic E-state index is 0.195. The molecule has 0 bridgehead atoms. The molecule has 2 aromatic carbocycles. The predicted octanol–water partition coefficient (Wildman–Crippen LogP) is 4.03. The summed E-state index contributed by atoms with van der Waals surface area (Å²) in [6.45, 7) is 5.27. The van der Waals surface area contributed by atoms with Crippen LogP contribution in [0.15, 0.2) is 36.4 Å². The smallest absolute Gasteiger partial charge is 0.119 e. The molecule has 0 spiro atoms. The highest BCUT2D eigenvalue weighted by molar-refractivity contribution is 5.86. The fourth-order valence-corrected chi connectivity index (χ4v) is 3.69. The number of aromatic amines is 1. The quantitative estimate of drug-likeness (QED) is 0.750. The van der Waals surface area contributed by atoms with Crippen LogP contribution in [0.4, 0.5) is 0 Å². The summed E-state index contributed by atoms with van der Waals surface area (Å²) in [7, 11) is 1.73. The van der Waals surface area contributed by atoms with Gasteiger partial charge in [-0.3, -0.25) is 0 Å².